The molecule has 0 fully saturated rings. The first-order chi connectivity index (χ1) is 10.5. The van der Waals surface area contributed by atoms with Crippen molar-refractivity contribution in [2.75, 3.05) is 0 Å². The molecule has 3 aromatic rings. The van der Waals surface area contributed by atoms with Crippen molar-refractivity contribution in [2.45, 2.75) is 6.92 Å². The van der Waals surface area contributed by atoms with Crippen LogP contribution in [0.4, 0.5) is 0 Å². The molecule has 1 N–H and O–H groups in total. The van der Waals surface area contributed by atoms with E-state index in [2.05, 4.69) is 0 Å². The van der Waals surface area contributed by atoms with Crippen LogP contribution in [0.25, 0.3) is 10.8 Å². The molecule has 3 aromatic carbocycles. The number of rotatable bonds is 2. The van der Waals surface area contributed by atoms with Crippen LogP contribution in [0.15, 0.2) is 54.6 Å². The predicted octanol–water partition coefficient (Wildman–Crippen LogP) is 4.73. The summed E-state index contributed by atoms with van der Waals surface area (Å²) in [6.45, 7) is 1.80. The Morgan fingerprint density at radius 3 is 2.41 bits per heavy atom. The van der Waals surface area contributed by atoms with E-state index in [1.807, 2.05) is 24.3 Å². The van der Waals surface area contributed by atoms with Gasteiger partial charge >= 0.3 is 5.97 Å². The lowest BCUT2D eigenvalue weighted by molar-refractivity contribution is 0.0730. The third kappa shape index (κ3) is 2.76. The van der Waals surface area contributed by atoms with Gasteiger partial charge in [0.1, 0.15) is 17.1 Å². The summed E-state index contributed by atoms with van der Waals surface area (Å²) in [5.74, 6) is -0.286. The zero-order chi connectivity index (χ0) is 15.7. The Bertz CT molecular complexity index is 871. The summed E-state index contributed by atoms with van der Waals surface area (Å²) >= 11 is 5.88. The van der Waals surface area contributed by atoms with Crippen molar-refractivity contribution >= 4 is 28.3 Å². The molecule has 0 aliphatic carbocycles. The molecule has 3 rings (SSSR count). The number of ether oxygens (including phenoxy) is 1. The molecule has 0 radical (unpaired) electrons. The Balaban J connectivity index is 1.96. The Morgan fingerprint density at radius 1 is 1.05 bits per heavy atom. The SMILES string of the molecule is Cc1cc(Cl)ccc1OC(=O)c1cc2ccccc2cc1O. The molecule has 0 saturated carbocycles. The number of esters is 1. The van der Waals surface area contributed by atoms with Crippen molar-refractivity contribution in [1.82, 2.24) is 0 Å². The van der Waals surface area contributed by atoms with Gasteiger partial charge in [0, 0.05) is 5.02 Å². The fourth-order valence-electron chi connectivity index (χ4n) is 2.27. The van der Waals surface area contributed by atoms with Crippen molar-refractivity contribution in [3.63, 3.8) is 0 Å². The summed E-state index contributed by atoms with van der Waals surface area (Å²) in [5.41, 5.74) is 0.883. The van der Waals surface area contributed by atoms with E-state index in [4.69, 9.17) is 16.3 Å². The maximum Gasteiger partial charge on any atom is 0.347 e. The van der Waals surface area contributed by atoms with Crippen LogP contribution in [0.3, 0.4) is 0 Å². The molecular formula is C18H13ClO3. The van der Waals surface area contributed by atoms with Gasteiger partial charge in [0.15, 0.2) is 0 Å². The highest BCUT2D eigenvalue weighted by Crippen LogP contribution is 2.28. The predicted molar refractivity (Wildman–Crippen MR) is 86.8 cm³/mol. The number of phenols is 1. The quantitative estimate of drug-likeness (QED) is 0.550. The molecule has 110 valence electrons. The maximum atomic E-state index is 12.3. The number of benzene rings is 3. The van der Waals surface area contributed by atoms with Crippen LogP contribution in [0.1, 0.15) is 15.9 Å². The zero-order valence-corrected chi connectivity index (χ0v) is 12.6. The highest BCUT2D eigenvalue weighted by molar-refractivity contribution is 6.30. The monoisotopic (exact) mass is 312 g/mol. The molecule has 0 aromatic heterocycles. The molecule has 0 aliphatic rings. The molecule has 22 heavy (non-hydrogen) atoms. The molecule has 0 atom stereocenters. The van der Waals surface area contributed by atoms with Crippen LogP contribution < -0.4 is 4.74 Å². The van der Waals surface area contributed by atoms with Crippen LogP contribution in [-0.2, 0) is 0 Å². The molecule has 0 unspecified atom stereocenters. The van der Waals surface area contributed by atoms with Gasteiger partial charge in [0.2, 0.25) is 0 Å². The number of carbonyl (C=O) groups is 1. The van der Waals surface area contributed by atoms with Gasteiger partial charge in [-0.1, -0.05) is 35.9 Å². The van der Waals surface area contributed by atoms with E-state index < -0.39 is 5.97 Å². The van der Waals surface area contributed by atoms with Crippen molar-refractivity contribution in [1.29, 1.82) is 0 Å². The largest absolute Gasteiger partial charge is 0.507 e. The van der Waals surface area contributed by atoms with Gasteiger partial charge in [-0.05, 0) is 53.6 Å². The molecule has 0 bridgehead atoms. The Labute approximate surface area is 132 Å². The molecule has 0 saturated heterocycles. The van der Waals surface area contributed by atoms with E-state index in [1.165, 1.54) is 0 Å². The number of phenolic OH excluding ortho intramolecular Hbond substituents is 1. The third-order valence-corrected chi connectivity index (χ3v) is 3.66. The normalized spacial score (nSPS) is 10.6. The lowest BCUT2D eigenvalue weighted by atomic mass is 10.1. The highest BCUT2D eigenvalue weighted by atomic mass is 35.5. The van der Waals surface area contributed by atoms with Crippen molar-refractivity contribution in [2.24, 2.45) is 0 Å². The van der Waals surface area contributed by atoms with Gasteiger partial charge in [0.05, 0.1) is 0 Å². The zero-order valence-electron chi connectivity index (χ0n) is 11.8. The van der Waals surface area contributed by atoms with Crippen LogP contribution in [0.2, 0.25) is 5.02 Å². The summed E-state index contributed by atoms with van der Waals surface area (Å²) in [6.07, 6.45) is 0. The number of hydrogen-bond acceptors (Lipinski definition) is 3. The number of hydrogen-bond donors (Lipinski definition) is 1. The lowest BCUT2D eigenvalue weighted by Gasteiger charge is -2.09. The lowest BCUT2D eigenvalue weighted by Crippen LogP contribution is -2.09. The van der Waals surface area contributed by atoms with E-state index in [-0.39, 0.29) is 11.3 Å². The van der Waals surface area contributed by atoms with E-state index in [0.29, 0.717) is 10.8 Å². The average molecular weight is 313 g/mol. The number of aromatic hydroxyl groups is 1. The Morgan fingerprint density at radius 2 is 1.73 bits per heavy atom. The number of carbonyl (C=O) groups excluding carboxylic acids is 1. The molecule has 0 spiro atoms. The molecule has 3 nitrogen and oxygen atoms in total. The smallest absolute Gasteiger partial charge is 0.347 e. The number of aryl methyl sites for hydroxylation is 1. The minimum atomic E-state index is -0.603. The van der Waals surface area contributed by atoms with Gasteiger partial charge in [-0.2, -0.15) is 0 Å². The molecular weight excluding hydrogens is 300 g/mol. The van der Waals surface area contributed by atoms with Gasteiger partial charge in [-0.15, -0.1) is 0 Å². The second-order valence-electron chi connectivity index (χ2n) is 5.02. The molecule has 0 amide bonds. The summed E-state index contributed by atoms with van der Waals surface area (Å²) in [6, 6.07) is 15.7. The van der Waals surface area contributed by atoms with E-state index in [1.54, 1.807) is 37.3 Å². The second-order valence-corrected chi connectivity index (χ2v) is 5.45. The standard InChI is InChI=1S/C18H13ClO3/c1-11-8-14(19)6-7-17(11)22-18(21)15-9-12-4-2-3-5-13(12)10-16(15)20/h2-10,20H,1H3. The van der Waals surface area contributed by atoms with Gasteiger partial charge in [-0.3, -0.25) is 0 Å². The third-order valence-electron chi connectivity index (χ3n) is 3.42. The van der Waals surface area contributed by atoms with E-state index in [9.17, 15) is 9.90 Å². The summed E-state index contributed by atoms with van der Waals surface area (Å²) in [7, 11) is 0. The van der Waals surface area contributed by atoms with Crippen LogP contribution in [0, 0.1) is 6.92 Å². The molecule has 4 heteroatoms. The first-order valence-electron chi connectivity index (χ1n) is 6.75. The van der Waals surface area contributed by atoms with E-state index >= 15 is 0 Å². The topological polar surface area (TPSA) is 46.5 Å². The van der Waals surface area contributed by atoms with Crippen molar-refractivity contribution in [3.05, 3.63) is 70.7 Å². The van der Waals surface area contributed by atoms with Crippen molar-refractivity contribution in [3.8, 4) is 11.5 Å². The number of halogens is 1. The highest BCUT2D eigenvalue weighted by Gasteiger charge is 2.16. The second kappa shape index (κ2) is 5.70. The number of fused-ring (bicyclic) bond motifs is 1. The van der Waals surface area contributed by atoms with Gasteiger partial charge in [-0.25, -0.2) is 4.79 Å². The first kappa shape index (κ1) is 14.4. The molecule has 0 heterocycles. The first-order valence-corrected chi connectivity index (χ1v) is 7.12. The van der Waals surface area contributed by atoms with E-state index in [0.717, 1.165) is 16.3 Å². The van der Waals surface area contributed by atoms with Crippen LogP contribution in [0.5, 0.6) is 11.5 Å². The van der Waals surface area contributed by atoms with Crippen molar-refractivity contribution < 1.29 is 14.6 Å². The van der Waals surface area contributed by atoms with Gasteiger partial charge in [0.25, 0.3) is 0 Å². The summed E-state index contributed by atoms with van der Waals surface area (Å²) < 4.78 is 5.36. The summed E-state index contributed by atoms with van der Waals surface area (Å²) in [4.78, 5) is 12.3. The van der Waals surface area contributed by atoms with Gasteiger partial charge < -0.3 is 9.84 Å². The fraction of sp³-hybridized carbons (Fsp3) is 0.0556. The Kier molecular flexibility index (Phi) is 3.73. The maximum absolute atomic E-state index is 12.3. The average Bonchev–Trinajstić information content (AvgIpc) is 2.49. The Hall–Kier alpha value is -2.52. The fourth-order valence-corrected chi connectivity index (χ4v) is 2.50. The van der Waals surface area contributed by atoms with Crippen LogP contribution >= 0.6 is 11.6 Å². The molecule has 0 aliphatic heterocycles. The summed E-state index contributed by atoms with van der Waals surface area (Å²) in [5, 5.41) is 12.3. The minimum Gasteiger partial charge on any atom is -0.507 e. The van der Waals surface area contributed by atoms with Crippen LogP contribution in [-0.4, -0.2) is 11.1 Å². The minimum absolute atomic E-state index is 0.102.